The zero-order valence-corrected chi connectivity index (χ0v) is 13.1. The van der Waals surface area contributed by atoms with Gasteiger partial charge in [-0.2, -0.15) is 0 Å². The Balaban J connectivity index is 2.37. The van der Waals surface area contributed by atoms with Crippen LogP contribution in [-0.2, 0) is 12.0 Å². The lowest BCUT2D eigenvalue weighted by molar-refractivity contribution is 0.602. The van der Waals surface area contributed by atoms with Crippen molar-refractivity contribution in [3.05, 3.63) is 69.7 Å². The van der Waals surface area contributed by atoms with Crippen molar-refractivity contribution in [1.82, 2.24) is 0 Å². The van der Waals surface area contributed by atoms with Crippen LogP contribution in [0.15, 0.2) is 53.0 Å². The van der Waals surface area contributed by atoms with Crippen LogP contribution in [0.5, 0.6) is 0 Å². The van der Waals surface area contributed by atoms with Gasteiger partial charge in [0.05, 0.1) is 5.54 Å². The van der Waals surface area contributed by atoms with E-state index < -0.39 is 5.54 Å². The van der Waals surface area contributed by atoms with E-state index in [2.05, 4.69) is 66.2 Å². The van der Waals surface area contributed by atoms with Gasteiger partial charge in [-0.15, -0.1) is 0 Å². The molecule has 0 aliphatic rings. The Kier molecular flexibility index (Phi) is 4.43. The van der Waals surface area contributed by atoms with Gasteiger partial charge in [-0.1, -0.05) is 65.7 Å². The zero-order valence-electron chi connectivity index (χ0n) is 11.5. The van der Waals surface area contributed by atoms with Gasteiger partial charge in [0.1, 0.15) is 0 Å². The maximum atomic E-state index is 6.56. The largest absolute Gasteiger partial charge is 0.318 e. The second kappa shape index (κ2) is 5.89. The van der Waals surface area contributed by atoms with Gasteiger partial charge in [-0.25, -0.2) is 0 Å². The predicted molar refractivity (Wildman–Crippen MR) is 85.2 cm³/mol. The van der Waals surface area contributed by atoms with Crippen LogP contribution in [0.4, 0.5) is 0 Å². The molecule has 1 atom stereocenters. The van der Waals surface area contributed by atoms with Crippen LogP contribution in [0, 0.1) is 0 Å². The number of nitrogens with two attached hydrogens (primary N) is 1. The maximum Gasteiger partial charge on any atom is 0.0637 e. The predicted octanol–water partition coefficient (Wildman–Crippen LogP) is 4.62. The first-order valence-corrected chi connectivity index (χ1v) is 7.47. The molecule has 2 N–H and O–H groups in total. The molecule has 0 aliphatic carbocycles. The summed E-state index contributed by atoms with van der Waals surface area (Å²) < 4.78 is 1.08. The highest BCUT2D eigenvalue weighted by Gasteiger charge is 2.23. The number of benzene rings is 2. The molecule has 0 aromatic heterocycles. The highest BCUT2D eigenvalue weighted by Crippen LogP contribution is 2.28. The van der Waals surface area contributed by atoms with Crippen molar-refractivity contribution < 1.29 is 0 Å². The van der Waals surface area contributed by atoms with E-state index in [0.29, 0.717) is 0 Å². The third-order valence-electron chi connectivity index (χ3n) is 3.51. The topological polar surface area (TPSA) is 26.0 Å². The fourth-order valence-electron chi connectivity index (χ4n) is 2.30. The quantitative estimate of drug-likeness (QED) is 0.874. The van der Waals surface area contributed by atoms with E-state index >= 15 is 0 Å². The van der Waals surface area contributed by atoms with Gasteiger partial charge in [-0.3, -0.25) is 0 Å². The molecule has 2 heteroatoms. The minimum absolute atomic E-state index is 0.454. The van der Waals surface area contributed by atoms with Gasteiger partial charge in [0.25, 0.3) is 0 Å². The maximum absolute atomic E-state index is 6.56. The molecule has 100 valence electrons. The van der Waals surface area contributed by atoms with Crippen LogP contribution in [0.1, 0.15) is 37.0 Å². The van der Waals surface area contributed by atoms with Gasteiger partial charge in [0.2, 0.25) is 0 Å². The summed E-state index contributed by atoms with van der Waals surface area (Å²) in [5, 5.41) is 0. The highest BCUT2D eigenvalue weighted by atomic mass is 79.9. The second-order valence-corrected chi connectivity index (χ2v) is 6.08. The lowest BCUT2D eigenvalue weighted by Crippen LogP contribution is -2.34. The Morgan fingerprint density at radius 2 is 1.74 bits per heavy atom. The summed E-state index contributed by atoms with van der Waals surface area (Å²) in [5.41, 5.74) is 9.76. The molecule has 0 spiro atoms. The molecule has 2 aromatic carbocycles. The second-order valence-electron chi connectivity index (χ2n) is 5.16. The normalized spacial score (nSPS) is 14.1. The molecule has 0 saturated carbocycles. The Morgan fingerprint density at radius 1 is 1.05 bits per heavy atom. The number of hydrogen-bond acceptors (Lipinski definition) is 1. The van der Waals surface area contributed by atoms with Crippen molar-refractivity contribution in [1.29, 1.82) is 0 Å². The minimum Gasteiger partial charge on any atom is -0.318 e. The Bertz CT molecular complexity index is 543. The van der Waals surface area contributed by atoms with Gasteiger partial charge in [-0.05, 0) is 42.2 Å². The van der Waals surface area contributed by atoms with Crippen LogP contribution < -0.4 is 5.73 Å². The van der Waals surface area contributed by atoms with Crippen molar-refractivity contribution in [3.63, 3.8) is 0 Å². The SMILES string of the molecule is CCCc1cccc(C(C)(N)c2ccc(Br)cc2)c1. The minimum atomic E-state index is -0.454. The number of hydrogen-bond donors (Lipinski definition) is 1. The summed E-state index contributed by atoms with van der Waals surface area (Å²) in [7, 11) is 0. The first-order valence-electron chi connectivity index (χ1n) is 6.68. The van der Waals surface area contributed by atoms with Crippen LogP contribution in [0.25, 0.3) is 0 Å². The van der Waals surface area contributed by atoms with Crippen molar-refractivity contribution >= 4 is 15.9 Å². The molecule has 1 unspecified atom stereocenters. The monoisotopic (exact) mass is 317 g/mol. The van der Waals surface area contributed by atoms with E-state index in [4.69, 9.17) is 5.73 Å². The number of aryl methyl sites for hydroxylation is 1. The molecule has 0 amide bonds. The third kappa shape index (κ3) is 3.26. The van der Waals surface area contributed by atoms with Crippen LogP contribution >= 0.6 is 15.9 Å². The lowest BCUT2D eigenvalue weighted by Gasteiger charge is -2.26. The molecular formula is C17H20BrN. The third-order valence-corrected chi connectivity index (χ3v) is 4.04. The van der Waals surface area contributed by atoms with Gasteiger partial charge in [0.15, 0.2) is 0 Å². The molecule has 0 bridgehead atoms. The van der Waals surface area contributed by atoms with Gasteiger partial charge in [0, 0.05) is 4.47 Å². The van der Waals surface area contributed by atoms with Crippen LogP contribution in [0.2, 0.25) is 0 Å². The number of halogens is 1. The molecule has 0 aliphatic heterocycles. The molecule has 1 nitrogen and oxygen atoms in total. The molecule has 0 heterocycles. The van der Waals surface area contributed by atoms with Crippen LogP contribution in [-0.4, -0.2) is 0 Å². The van der Waals surface area contributed by atoms with Crippen molar-refractivity contribution in [2.24, 2.45) is 5.73 Å². The fourth-order valence-corrected chi connectivity index (χ4v) is 2.57. The summed E-state index contributed by atoms with van der Waals surface area (Å²) >= 11 is 3.46. The van der Waals surface area contributed by atoms with E-state index in [1.807, 2.05) is 12.1 Å². The zero-order chi connectivity index (χ0) is 13.9. The summed E-state index contributed by atoms with van der Waals surface area (Å²) in [6.45, 7) is 4.27. The molecule has 0 fully saturated rings. The molecule has 2 rings (SSSR count). The van der Waals surface area contributed by atoms with Gasteiger partial charge >= 0.3 is 0 Å². The van der Waals surface area contributed by atoms with E-state index in [9.17, 15) is 0 Å². The molecule has 2 aromatic rings. The molecular weight excluding hydrogens is 298 g/mol. The molecule has 19 heavy (non-hydrogen) atoms. The summed E-state index contributed by atoms with van der Waals surface area (Å²) in [6.07, 6.45) is 2.26. The van der Waals surface area contributed by atoms with Crippen molar-refractivity contribution in [3.8, 4) is 0 Å². The Labute approximate surface area is 124 Å². The van der Waals surface area contributed by atoms with E-state index in [1.165, 1.54) is 11.1 Å². The van der Waals surface area contributed by atoms with Crippen molar-refractivity contribution in [2.75, 3.05) is 0 Å². The van der Waals surface area contributed by atoms with E-state index in [1.54, 1.807) is 0 Å². The van der Waals surface area contributed by atoms with E-state index in [-0.39, 0.29) is 0 Å². The average molecular weight is 318 g/mol. The van der Waals surface area contributed by atoms with Gasteiger partial charge < -0.3 is 5.73 Å². The highest BCUT2D eigenvalue weighted by molar-refractivity contribution is 9.10. The molecule has 0 saturated heterocycles. The van der Waals surface area contributed by atoms with Crippen molar-refractivity contribution in [2.45, 2.75) is 32.2 Å². The number of rotatable bonds is 4. The summed E-state index contributed by atoms with van der Waals surface area (Å²) in [5.74, 6) is 0. The Hall–Kier alpha value is -1.12. The first-order chi connectivity index (χ1) is 9.04. The summed E-state index contributed by atoms with van der Waals surface area (Å²) in [6, 6.07) is 16.8. The summed E-state index contributed by atoms with van der Waals surface area (Å²) in [4.78, 5) is 0. The smallest absolute Gasteiger partial charge is 0.0637 e. The van der Waals surface area contributed by atoms with Crippen LogP contribution in [0.3, 0.4) is 0 Å². The first kappa shape index (κ1) is 14.3. The van der Waals surface area contributed by atoms with E-state index in [0.717, 1.165) is 22.9 Å². The fraction of sp³-hybridized carbons (Fsp3) is 0.294. The lowest BCUT2D eigenvalue weighted by atomic mass is 9.85. The average Bonchev–Trinajstić information content (AvgIpc) is 2.40. The standard InChI is InChI=1S/C17H20BrN/c1-3-5-13-6-4-7-15(12-13)17(2,19)14-8-10-16(18)11-9-14/h4,6-12H,3,5,19H2,1-2H3. The Morgan fingerprint density at radius 3 is 2.37 bits per heavy atom. The molecule has 0 radical (unpaired) electrons.